The quantitative estimate of drug-likeness (QED) is 0.826. The molecule has 2 unspecified atom stereocenters. The van der Waals surface area contributed by atoms with Crippen LogP contribution in [0.25, 0.3) is 0 Å². The van der Waals surface area contributed by atoms with Gasteiger partial charge in [-0.2, -0.15) is 0 Å². The number of benzene rings is 1. The van der Waals surface area contributed by atoms with Crippen molar-refractivity contribution >= 4 is 27.5 Å². The van der Waals surface area contributed by atoms with Crippen LogP contribution in [0.3, 0.4) is 0 Å². The van der Waals surface area contributed by atoms with Gasteiger partial charge in [0.2, 0.25) is 0 Å². The Balaban J connectivity index is 2.10. The standard InChI is InChI=1S/C14H19BrClNO/c1-3-13-9-18-10(2)7-17(13)8-11-4-5-12(15)6-14(11)16/h4-6,10,13H,3,7-9H2,1-2H3. The minimum atomic E-state index is 0.307. The van der Waals surface area contributed by atoms with Crippen molar-refractivity contribution in [3.8, 4) is 0 Å². The third-order valence-corrected chi connectivity index (χ3v) is 4.29. The normalized spacial score (nSPS) is 25.3. The highest BCUT2D eigenvalue weighted by Crippen LogP contribution is 2.25. The van der Waals surface area contributed by atoms with Crippen molar-refractivity contribution in [2.45, 2.75) is 39.0 Å². The van der Waals surface area contributed by atoms with E-state index in [-0.39, 0.29) is 0 Å². The molecule has 0 N–H and O–H groups in total. The molecule has 1 aliphatic rings. The lowest BCUT2D eigenvalue weighted by Gasteiger charge is -2.38. The Morgan fingerprint density at radius 3 is 2.94 bits per heavy atom. The van der Waals surface area contributed by atoms with Crippen LogP contribution in [0, 0.1) is 0 Å². The predicted molar refractivity (Wildman–Crippen MR) is 79.1 cm³/mol. The molecule has 1 aromatic carbocycles. The van der Waals surface area contributed by atoms with Gasteiger partial charge >= 0.3 is 0 Å². The molecular weight excluding hydrogens is 314 g/mol. The largest absolute Gasteiger partial charge is 0.376 e. The van der Waals surface area contributed by atoms with E-state index in [0.29, 0.717) is 12.1 Å². The van der Waals surface area contributed by atoms with Gasteiger partial charge < -0.3 is 4.74 Å². The molecule has 2 atom stereocenters. The fraction of sp³-hybridized carbons (Fsp3) is 0.571. The Morgan fingerprint density at radius 1 is 1.50 bits per heavy atom. The van der Waals surface area contributed by atoms with Crippen LogP contribution in [0.15, 0.2) is 22.7 Å². The summed E-state index contributed by atoms with van der Waals surface area (Å²) in [5.74, 6) is 0. The number of rotatable bonds is 3. The van der Waals surface area contributed by atoms with Gasteiger partial charge in [-0.25, -0.2) is 0 Å². The average molecular weight is 333 g/mol. The summed E-state index contributed by atoms with van der Waals surface area (Å²) in [7, 11) is 0. The molecule has 0 radical (unpaired) electrons. The number of ether oxygens (including phenoxy) is 1. The van der Waals surface area contributed by atoms with E-state index in [1.54, 1.807) is 0 Å². The van der Waals surface area contributed by atoms with Crippen LogP contribution in [0.5, 0.6) is 0 Å². The number of halogens is 2. The molecule has 0 spiro atoms. The highest BCUT2D eigenvalue weighted by Gasteiger charge is 2.25. The molecule has 1 fully saturated rings. The molecule has 100 valence electrons. The second-order valence-electron chi connectivity index (χ2n) is 4.87. The van der Waals surface area contributed by atoms with E-state index in [1.807, 2.05) is 12.1 Å². The summed E-state index contributed by atoms with van der Waals surface area (Å²) in [6.45, 7) is 7.04. The highest BCUT2D eigenvalue weighted by atomic mass is 79.9. The van der Waals surface area contributed by atoms with Gasteiger partial charge in [0.05, 0.1) is 12.7 Å². The highest BCUT2D eigenvalue weighted by molar-refractivity contribution is 9.10. The monoisotopic (exact) mass is 331 g/mol. The molecule has 2 nitrogen and oxygen atoms in total. The molecule has 1 aliphatic heterocycles. The van der Waals surface area contributed by atoms with Gasteiger partial charge in [-0.15, -0.1) is 0 Å². The third kappa shape index (κ3) is 3.47. The maximum absolute atomic E-state index is 6.29. The molecule has 0 amide bonds. The van der Waals surface area contributed by atoms with Crippen molar-refractivity contribution in [2.24, 2.45) is 0 Å². The van der Waals surface area contributed by atoms with Crippen LogP contribution < -0.4 is 0 Å². The molecule has 0 aromatic heterocycles. The Hall–Kier alpha value is -0.0900. The Labute approximate surface area is 122 Å². The molecule has 0 aliphatic carbocycles. The second kappa shape index (κ2) is 6.38. The molecule has 4 heteroatoms. The lowest BCUT2D eigenvalue weighted by Crippen LogP contribution is -2.47. The number of hydrogen-bond acceptors (Lipinski definition) is 2. The van der Waals surface area contributed by atoms with E-state index in [4.69, 9.17) is 16.3 Å². The number of morpholine rings is 1. The van der Waals surface area contributed by atoms with Crippen molar-refractivity contribution in [3.63, 3.8) is 0 Å². The van der Waals surface area contributed by atoms with Crippen molar-refractivity contribution in [1.29, 1.82) is 0 Å². The zero-order valence-electron chi connectivity index (χ0n) is 10.8. The minimum absolute atomic E-state index is 0.307. The molecule has 1 aromatic rings. The Bertz CT molecular complexity index is 413. The lowest BCUT2D eigenvalue weighted by molar-refractivity contribution is -0.0591. The lowest BCUT2D eigenvalue weighted by atomic mass is 10.1. The van der Waals surface area contributed by atoms with E-state index in [1.165, 1.54) is 5.56 Å². The summed E-state index contributed by atoms with van der Waals surface area (Å²) in [4.78, 5) is 2.48. The zero-order chi connectivity index (χ0) is 13.1. The fourth-order valence-electron chi connectivity index (χ4n) is 2.35. The van der Waals surface area contributed by atoms with Crippen LogP contribution in [0.4, 0.5) is 0 Å². The molecular formula is C14H19BrClNO. The number of hydrogen-bond donors (Lipinski definition) is 0. The maximum Gasteiger partial charge on any atom is 0.0674 e. The van der Waals surface area contributed by atoms with Crippen molar-refractivity contribution in [1.82, 2.24) is 4.90 Å². The van der Waals surface area contributed by atoms with Crippen LogP contribution in [-0.2, 0) is 11.3 Å². The third-order valence-electron chi connectivity index (χ3n) is 3.44. The Morgan fingerprint density at radius 2 is 2.28 bits per heavy atom. The fourth-order valence-corrected chi connectivity index (χ4v) is 3.08. The minimum Gasteiger partial charge on any atom is -0.376 e. The summed E-state index contributed by atoms with van der Waals surface area (Å²) >= 11 is 9.73. The van der Waals surface area contributed by atoms with Crippen LogP contribution in [0.1, 0.15) is 25.8 Å². The van der Waals surface area contributed by atoms with Crippen LogP contribution in [-0.4, -0.2) is 30.2 Å². The maximum atomic E-state index is 6.29. The van der Waals surface area contributed by atoms with E-state index >= 15 is 0 Å². The van der Waals surface area contributed by atoms with Crippen molar-refractivity contribution < 1.29 is 4.74 Å². The molecule has 2 rings (SSSR count). The molecule has 0 saturated carbocycles. The first kappa shape index (κ1) is 14.3. The van der Waals surface area contributed by atoms with Gasteiger partial charge in [0.1, 0.15) is 0 Å². The van der Waals surface area contributed by atoms with Crippen LogP contribution >= 0.6 is 27.5 Å². The van der Waals surface area contributed by atoms with E-state index in [9.17, 15) is 0 Å². The summed E-state index contributed by atoms with van der Waals surface area (Å²) in [5.41, 5.74) is 1.19. The first-order valence-corrected chi connectivity index (χ1v) is 7.56. The average Bonchev–Trinajstić information content (AvgIpc) is 2.33. The van der Waals surface area contributed by atoms with E-state index < -0.39 is 0 Å². The number of nitrogens with zero attached hydrogens (tertiary/aromatic N) is 1. The zero-order valence-corrected chi connectivity index (χ0v) is 13.2. The predicted octanol–water partition coefficient (Wildman–Crippen LogP) is 4.10. The first-order valence-electron chi connectivity index (χ1n) is 6.39. The summed E-state index contributed by atoms with van der Waals surface area (Å²) in [6, 6.07) is 6.61. The van der Waals surface area contributed by atoms with Gasteiger partial charge in [0.15, 0.2) is 0 Å². The summed E-state index contributed by atoms with van der Waals surface area (Å²) < 4.78 is 6.74. The van der Waals surface area contributed by atoms with Gasteiger partial charge in [0, 0.05) is 28.6 Å². The second-order valence-corrected chi connectivity index (χ2v) is 6.19. The van der Waals surface area contributed by atoms with Crippen molar-refractivity contribution in [2.75, 3.05) is 13.2 Å². The Kier molecular flexibility index (Phi) is 5.07. The molecule has 18 heavy (non-hydrogen) atoms. The van der Waals surface area contributed by atoms with Gasteiger partial charge in [-0.3, -0.25) is 4.90 Å². The van der Waals surface area contributed by atoms with E-state index in [0.717, 1.165) is 35.6 Å². The summed E-state index contributed by atoms with van der Waals surface area (Å²) in [6.07, 6.45) is 1.42. The summed E-state index contributed by atoms with van der Waals surface area (Å²) in [5, 5.41) is 0.832. The topological polar surface area (TPSA) is 12.5 Å². The van der Waals surface area contributed by atoms with Gasteiger partial charge in [0.25, 0.3) is 0 Å². The van der Waals surface area contributed by atoms with Crippen molar-refractivity contribution in [3.05, 3.63) is 33.3 Å². The first-order chi connectivity index (χ1) is 8.60. The SMILES string of the molecule is CCC1COC(C)CN1Cc1ccc(Br)cc1Cl. The van der Waals surface area contributed by atoms with E-state index in [2.05, 4.69) is 40.7 Å². The smallest absolute Gasteiger partial charge is 0.0674 e. The van der Waals surface area contributed by atoms with Gasteiger partial charge in [-0.1, -0.05) is 40.5 Å². The van der Waals surface area contributed by atoms with Gasteiger partial charge in [-0.05, 0) is 31.0 Å². The molecule has 1 saturated heterocycles. The molecule has 1 heterocycles. The molecule has 0 bridgehead atoms. The van der Waals surface area contributed by atoms with Crippen LogP contribution in [0.2, 0.25) is 5.02 Å².